The molecule has 3 nitrogen and oxygen atoms in total. The van der Waals surface area contributed by atoms with Crippen molar-refractivity contribution in [3.8, 4) is 0 Å². The third-order valence-electron chi connectivity index (χ3n) is 5.14. The fraction of sp³-hybridized carbons (Fsp3) is 0.875. The van der Waals surface area contributed by atoms with Crippen LogP contribution in [-0.2, 0) is 0 Å². The standard InChI is InChI=1S/C16H31N3/c1-13-10-14(2)16(15(3)11-13)12-18-6-9-19-7-4-17-5-8-19/h10,14-18H,4-9,11-12H2,1-3H3/p+3/t14-,15+,16-/m0/s1. The Morgan fingerprint density at radius 3 is 2.74 bits per heavy atom. The molecule has 2 rings (SSSR count). The van der Waals surface area contributed by atoms with E-state index in [9.17, 15) is 0 Å². The van der Waals surface area contributed by atoms with Crippen LogP contribution >= 0.6 is 0 Å². The van der Waals surface area contributed by atoms with Crippen LogP contribution in [0.3, 0.4) is 0 Å². The fourth-order valence-corrected chi connectivity index (χ4v) is 4.01. The van der Waals surface area contributed by atoms with Crippen molar-refractivity contribution in [2.45, 2.75) is 27.2 Å². The molecular weight excluding hydrogens is 234 g/mol. The summed E-state index contributed by atoms with van der Waals surface area (Å²) in [6.45, 7) is 16.5. The van der Waals surface area contributed by atoms with Gasteiger partial charge >= 0.3 is 0 Å². The maximum Gasteiger partial charge on any atom is 0.127 e. The zero-order valence-electron chi connectivity index (χ0n) is 13.1. The second-order valence-corrected chi connectivity index (χ2v) is 6.90. The lowest BCUT2D eigenvalue weighted by Gasteiger charge is -2.31. The van der Waals surface area contributed by atoms with Crippen molar-refractivity contribution in [2.75, 3.05) is 45.8 Å². The second-order valence-electron chi connectivity index (χ2n) is 6.90. The van der Waals surface area contributed by atoms with Crippen LogP contribution in [0.1, 0.15) is 27.2 Å². The van der Waals surface area contributed by atoms with E-state index in [0.29, 0.717) is 0 Å². The summed E-state index contributed by atoms with van der Waals surface area (Å²) in [5.74, 6) is 2.53. The van der Waals surface area contributed by atoms with E-state index in [0.717, 1.165) is 17.8 Å². The number of nitrogens with one attached hydrogen (secondary N) is 1. The zero-order chi connectivity index (χ0) is 13.7. The molecule has 3 atom stereocenters. The molecule has 1 fully saturated rings. The zero-order valence-corrected chi connectivity index (χ0v) is 13.1. The Morgan fingerprint density at radius 2 is 2.05 bits per heavy atom. The van der Waals surface area contributed by atoms with E-state index in [4.69, 9.17) is 0 Å². The summed E-state index contributed by atoms with van der Waals surface area (Å²) >= 11 is 0. The molecule has 110 valence electrons. The molecule has 0 aromatic rings. The van der Waals surface area contributed by atoms with Crippen LogP contribution in [0.25, 0.3) is 0 Å². The molecule has 1 aliphatic carbocycles. The van der Waals surface area contributed by atoms with Crippen LogP contribution in [0.2, 0.25) is 0 Å². The van der Waals surface area contributed by atoms with Gasteiger partial charge in [0.05, 0.1) is 6.54 Å². The average Bonchev–Trinajstić information content (AvgIpc) is 2.38. The van der Waals surface area contributed by atoms with E-state index >= 15 is 0 Å². The minimum atomic E-state index is 0.775. The van der Waals surface area contributed by atoms with Gasteiger partial charge in [0.2, 0.25) is 0 Å². The number of hydrogen-bond donors (Lipinski definition) is 3. The average molecular weight is 268 g/mol. The van der Waals surface area contributed by atoms with Gasteiger partial charge in [-0.1, -0.05) is 25.5 Å². The maximum atomic E-state index is 2.58. The molecule has 3 heteroatoms. The van der Waals surface area contributed by atoms with E-state index < -0.39 is 0 Å². The van der Waals surface area contributed by atoms with Crippen LogP contribution in [0.4, 0.5) is 0 Å². The molecule has 0 aromatic carbocycles. The summed E-state index contributed by atoms with van der Waals surface area (Å²) < 4.78 is 0. The first-order valence-electron chi connectivity index (χ1n) is 8.31. The van der Waals surface area contributed by atoms with Gasteiger partial charge in [0.1, 0.15) is 39.3 Å². The highest BCUT2D eigenvalue weighted by Gasteiger charge is 2.28. The predicted octanol–water partition coefficient (Wildman–Crippen LogP) is -1.75. The fourth-order valence-electron chi connectivity index (χ4n) is 4.01. The molecule has 1 heterocycles. The van der Waals surface area contributed by atoms with E-state index in [1.165, 1.54) is 52.2 Å². The molecule has 0 unspecified atom stereocenters. The van der Waals surface area contributed by atoms with Gasteiger partial charge in [0.25, 0.3) is 0 Å². The summed E-state index contributed by atoms with van der Waals surface area (Å²) in [6, 6.07) is 0. The first-order valence-corrected chi connectivity index (χ1v) is 8.31. The van der Waals surface area contributed by atoms with Gasteiger partial charge in [-0.15, -0.1) is 0 Å². The number of rotatable bonds is 5. The van der Waals surface area contributed by atoms with Crippen LogP contribution in [0.15, 0.2) is 11.6 Å². The normalized spacial score (nSPS) is 33.2. The summed E-state index contributed by atoms with van der Waals surface area (Å²) in [5.41, 5.74) is 1.60. The Balaban J connectivity index is 1.64. The minimum absolute atomic E-state index is 0.775. The quantitative estimate of drug-likeness (QED) is 0.391. The third kappa shape index (κ3) is 4.59. The summed E-state index contributed by atoms with van der Waals surface area (Å²) in [4.78, 5) is 1.82. The number of allylic oxidation sites excluding steroid dienone is 2. The topological polar surface area (TPSA) is 37.7 Å². The van der Waals surface area contributed by atoms with E-state index in [-0.39, 0.29) is 0 Å². The van der Waals surface area contributed by atoms with Crippen LogP contribution in [0, 0.1) is 17.8 Å². The minimum Gasteiger partial charge on any atom is -0.341 e. The molecule has 5 N–H and O–H groups in total. The Kier molecular flexibility index (Phi) is 5.86. The second kappa shape index (κ2) is 7.41. The first kappa shape index (κ1) is 15.0. The highest BCUT2D eigenvalue weighted by Crippen LogP contribution is 2.32. The lowest BCUT2D eigenvalue weighted by atomic mass is 9.75. The molecule has 0 bridgehead atoms. The van der Waals surface area contributed by atoms with Gasteiger partial charge in [-0.05, 0) is 25.2 Å². The summed E-state index contributed by atoms with van der Waals surface area (Å²) in [7, 11) is 0. The molecule has 2 aliphatic rings. The van der Waals surface area contributed by atoms with Gasteiger partial charge in [-0.25, -0.2) is 0 Å². The molecular formula is C16H34N3+3. The van der Waals surface area contributed by atoms with Gasteiger partial charge < -0.3 is 15.5 Å². The van der Waals surface area contributed by atoms with Crippen LogP contribution in [0.5, 0.6) is 0 Å². The van der Waals surface area contributed by atoms with Gasteiger partial charge in [-0.2, -0.15) is 0 Å². The molecule has 0 spiro atoms. The number of piperazine rings is 1. The molecule has 0 amide bonds. The molecule has 1 saturated heterocycles. The lowest BCUT2D eigenvalue weighted by molar-refractivity contribution is -0.955. The number of nitrogens with two attached hydrogens (primary N) is 2. The van der Waals surface area contributed by atoms with Crippen molar-refractivity contribution in [3.05, 3.63) is 11.6 Å². The van der Waals surface area contributed by atoms with E-state index in [1.807, 2.05) is 4.90 Å². The molecule has 1 aliphatic heterocycles. The van der Waals surface area contributed by atoms with Crippen molar-refractivity contribution in [3.63, 3.8) is 0 Å². The Hall–Kier alpha value is -0.380. The van der Waals surface area contributed by atoms with Gasteiger partial charge in [0.15, 0.2) is 0 Å². The smallest absolute Gasteiger partial charge is 0.127 e. The van der Waals surface area contributed by atoms with Gasteiger partial charge in [0, 0.05) is 5.92 Å². The van der Waals surface area contributed by atoms with Crippen molar-refractivity contribution < 1.29 is 15.5 Å². The van der Waals surface area contributed by atoms with E-state index in [2.05, 4.69) is 37.5 Å². The Labute approximate surface area is 118 Å². The largest absolute Gasteiger partial charge is 0.341 e. The molecule has 19 heavy (non-hydrogen) atoms. The highest BCUT2D eigenvalue weighted by atomic mass is 15.2. The summed E-state index contributed by atoms with van der Waals surface area (Å²) in [6.07, 6.45) is 3.82. The predicted molar refractivity (Wildman–Crippen MR) is 79.1 cm³/mol. The number of hydrogen-bond acceptors (Lipinski definition) is 0. The van der Waals surface area contributed by atoms with Crippen LogP contribution < -0.4 is 15.5 Å². The van der Waals surface area contributed by atoms with Crippen molar-refractivity contribution >= 4 is 0 Å². The van der Waals surface area contributed by atoms with Crippen molar-refractivity contribution in [1.82, 2.24) is 0 Å². The lowest BCUT2D eigenvalue weighted by Crippen LogP contribution is -3.22. The van der Waals surface area contributed by atoms with E-state index in [1.54, 1.807) is 5.57 Å². The van der Waals surface area contributed by atoms with Gasteiger partial charge in [-0.3, -0.25) is 0 Å². The summed E-state index contributed by atoms with van der Waals surface area (Å²) in [5, 5.41) is 5.03. The third-order valence-corrected chi connectivity index (χ3v) is 5.14. The first-order chi connectivity index (χ1) is 9.16. The monoisotopic (exact) mass is 268 g/mol. The van der Waals surface area contributed by atoms with Crippen molar-refractivity contribution in [1.29, 1.82) is 0 Å². The van der Waals surface area contributed by atoms with Crippen LogP contribution in [-0.4, -0.2) is 45.8 Å². The Bertz CT molecular complexity index is 294. The van der Waals surface area contributed by atoms with Crippen molar-refractivity contribution in [2.24, 2.45) is 17.8 Å². The highest BCUT2D eigenvalue weighted by molar-refractivity contribution is 5.07. The SMILES string of the molecule is CC1=C[C@H](C)[C@H](C[NH2+]CC[NH+]2CC[NH2+]CC2)[C@H](C)C1. The number of quaternary nitrogens is 3. The molecule has 0 aromatic heterocycles. The Morgan fingerprint density at radius 1 is 1.32 bits per heavy atom. The molecule has 0 radical (unpaired) electrons. The maximum absolute atomic E-state index is 2.58. The molecule has 0 saturated carbocycles.